The summed E-state index contributed by atoms with van der Waals surface area (Å²) in [6, 6.07) is 24.5. The summed E-state index contributed by atoms with van der Waals surface area (Å²) >= 11 is 0. The number of hydrogen-bond acceptors (Lipinski definition) is 4. The number of hydrogen-bond donors (Lipinski definition) is 0. The number of amides is 1. The molecule has 4 aromatic carbocycles. The van der Waals surface area contributed by atoms with Crippen molar-refractivity contribution in [1.82, 2.24) is 19.7 Å². The summed E-state index contributed by atoms with van der Waals surface area (Å²) in [5.41, 5.74) is 2.21. The van der Waals surface area contributed by atoms with Crippen molar-refractivity contribution in [3.63, 3.8) is 0 Å². The number of aromatic nitrogens is 3. The van der Waals surface area contributed by atoms with E-state index in [1.807, 2.05) is 0 Å². The standard InChI is InChI=1S/C32H23F4N5O/c33-26-13-12-25(29(34)15-26)18-40(19-30-39-38-20-41(30)17-22-10-8-21(16-37)9-11-22)32(42)24-5-3-4-23(14-24)27-6-1-2-7-28(27)31(35)36/h1-15,20,31H,17-19H2. The Bertz CT molecular complexity index is 1760. The van der Waals surface area contributed by atoms with Gasteiger partial charge in [0, 0.05) is 29.3 Å². The molecule has 0 atom stereocenters. The first-order valence-electron chi connectivity index (χ1n) is 12.9. The van der Waals surface area contributed by atoms with E-state index in [1.54, 1.807) is 59.2 Å². The molecule has 6 nitrogen and oxygen atoms in total. The first kappa shape index (κ1) is 28.2. The Balaban J connectivity index is 1.48. The van der Waals surface area contributed by atoms with Crippen LogP contribution < -0.4 is 0 Å². The van der Waals surface area contributed by atoms with Gasteiger partial charge in [0.05, 0.1) is 24.7 Å². The van der Waals surface area contributed by atoms with Crippen molar-refractivity contribution in [1.29, 1.82) is 5.26 Å². The van der Waals surface area contributed by atoms with Gasteiger partial charge in [0.1, 0.15) is 18.0 Å². The molecule has 210 valence electrons. The maximum Gasteiger partial charge on any atom is 0.264 e. The molecule has 5 aromatic rings. The van der Waals surface area contributed by atoms with Crippen molar-refractivity contribution in [2.24, 2.45) is 0 Å². The number of nitrogens with zero attached hydrogens (tertiary/aromatic N) is 5. The average Bonchev–Trinajstić information content (AvgIpc) is 3.44. The van der Waals surface area contributed by atoms with Crippen molar-refractivity contribution >= 4 is 5.91 Å². The number of nitriles is 1. The summed E-state index contributed by atoms with van der Waals surface area (Å²) in [5.74, 6) is -1.68. The minimum Gasteiger partial charge on any atom is -0.327 e. The molecule has 0 saturated heterocycles. The maximum atomic E-state index is 14.7. The first-order chi connectivity index (χ1) is 20.3. The lowest BCUT2D eigenvalue weighted by Gasteiger charge is -2.23. The van der Waals surface area contributed by atoms with E-state index in [-0.39, 0.29) is 29.8 Å². The van der Waals surface area contributed by atoms with Gasteiger partial charge in [-0.3, -0.25) is 4.79 Å². The summed E-state index contributed by atoms with van der Waals surface area (Å²) in [6.07, 6.45) is -1.21. The van der Waals surface area contributed by atoms with Crippen LogP contribution in [0.4, 0.5) is 17.6 Å². The van der Waals surface area contributed by atoms with Gasteiger partial charge in [0.25, 0.3) is 12.3 Å². The molecule has 0 aliphatic rings. The van der Waals surface area contributed by atoms with E-state index in [9.17, 15) is 22.4 Å². The van der Waals surface area contributed by atoms with Crippen molar-refractivity contribution in [3.05, 3.63) is 143 Å². The normalized spacial score (nSPS) is 11.0. The molecule has 1 aromatic heterocycles. The third-order valence-electron chi connectivity index (χ3n) is 6.74. The van der Waals surface area contributed by atoms with Crippen LogP contribution >= 0.6 is 0 Å². The van der Waals surface area contributed by atoms with Gasteiger partial charge >= 0.3 is 0 Å². The van der Waals surface area contributed by atoms with Crippen LogP contribution in [0.25, 0.3) is 11.1 Å². The first-order valence-corrected chi connectivity index (χ1v) is 12.9. The van der Waals surface area contributed by atoms with Crippen LogP contribution in [0.15, 0.2) is 97.3 Å². The van der Waals surface area contributed by atoms with Crippen molar-refractivity contribution < 1.29 is 22.4 Å². The number of carbonyl (C=O) groups excluding carboxylic acids is 1. The lowest BCUT2D eigenvalue weighted by molar-refractivity contribution is 0.0722. The number of halogens is 4. The molecule has 1 heterocycles. The molecule has 5 rings (SSSR count). The van der Waals surface area contributed by atoms with Crippen LogP contribution in [0.1, 0.15) is 44.9 Å². The van der Waals surface area contributed by atoms with Crippen LogP contribution in [-0.4, -0.2) is 25.6 Å². The molecule has 10 heteroatoms. The van der Waals surface area contributed by atoms with E-state index in [4.69, 9.17) is 5.26 Å². The van der Waals surface area contributed by atoms with E-state index < -0.39 is 24.0 Å². The molecule has 0 radical (unpaired) electrons. The second kappa shape index (κ2) is 12.5. The Hall–Kier alpha value is -5.30. The van der Waals surface area contributed by atoms with Gasteiger partial charge in [-0.15, -0.1) is 10.2 Å². The second-order valence-corrected chi connectivity index (χ2v) is 9.55. The SMILES string of the molecule is N#Cc1ccc(Cn2cnnc2CN(Cc2ccc(F)cc2F)C(=O)c2cccc(-c3ccccc3C(F)F)c2)cc1. The van der Waals surface area contributed by atoms with Crippen LogP contribution in [-0.2, 0) is 19.6 Å². The van der Waals surface area contributed by atoms with E-state index in [0.29, 0.717) is 29.1 Å². The predicted octanol–water partition coefficient (Wildman–Crippen LogP) is 6.92. The molecule has 0 saturated carbocycles. The van der Waals surface area contributed by atoms with Crippen LogP contribution in [0.5, 0.6) is 0 Å². The number of rotatable bonds is 9. The maximum absolute atomic E-state index is 14.7. The molecule has 0 aliphatic heterocycles. The monoisotopic (exact) mass is 569 g/mol. The van der Waals surface area contributed by atoms with Gasteiger partial charge < -0.3 is 9.47 Å². The summed E-state index contributed by atoms with van der Waals surface area (Å²) < 4.78 is 57.4. The molecule has 0 unspecified atom stereocenters. The van der Waals surface area contributed by atoms with Gasteiger partial charge in [0.15, 0.2) is 5.82 Å². The summed E-state index contributed by atoms with van der Waals surface area (Å²) in [6.45, 7) is 0.0528. The zero-order chi connectivity index (χ0) is 29.6. The zero-order valence-electron chi connectivity index (χ0n) is 22.1. The number of alkyl halides is 2. The van der Waals surface area contributed by atoms with Gasteiger partial charge in [-0.25, -0.2) is 17.6 Å². The lowest BCUT2D eigenvalue weighted by atomic mass is 9.98. The molecule has 0 bridgehead atoms. The highest BCUT2D eigenvalue weighted by Gasteiger charge is 2.22. The summed E-state index contributed by atoms with van der Waals surface area (Å²) in [7, 11) is 0. The molecule has 1 amide bonds. The highest BCUT2D eigenvalue weighted by atomic mass is 19.3. The van der Waals surface area contributed by atoms with E-state index >= 15 is 0 Å². The largest absolute Gasteiger partial charge is 0.327 e. The van der Waals surface area contributed by atoms with Crippen LogP contribution in [0, 0.1) is 23.0 Å². The van der Waals surface area contributed by atoms with Crippen LogP contribution in [0.2, 0.25) is 0 Å². The van der Waals surface area contributed by atoms with E-state index in [0.717, 1.165) is 17.7 Å². The Labute approximate surface area is 239 Å². The smallest absolute Gasteiger partial charge is 0.264 e. The quantitative estimate of drug-likeness (QED) is 0.181. The molecule has 0 aliphatic carbocycles. The third-order valence-corrected chi connectivity index (χ3v) is 6.74. The fourth-order valence-electron chi connectivity index (χ4n) is 4.59. The zero-order valence-corrected chi connectivity index (χ0v) is 22.1. The number of carbonyl (C=O) groups is 1. The van der Waals surface area contributed by atoms with E-state index in [2.05, 4.69) is 16.3 Å². The Morgan fingerprint density at radius 1 is 0.929 bits per heavy atom. The summed E-state index contributed by atoms with van der Waals surface area (Å²) in [5, 5.41) is 17.2. The molecular formula is C32H23F4N5O. The fraction of sp³-hybridized carbons (Fsp3) is 0.125. The van der Waals surface area contributed by atoms with Gasteiger partial charge in [0.2, 0.25) is 0 Å². The Kier molecular flexibility index (Phi) is 8.39. The number of benzene rings is 4. The predicted molar refractivity (Wildman–Crippen MR) is 147 cm³/mol. The minimum atomic E-state index is -2.71. The van der Waals surface area contributed by atoms with Crippen molar-refractivity contribution in [2.75, 3.05) is 0 Å². The summed E-state index contributed by atoms with van der Waals surface area (Å²) in [4.78, 5) is 15.2. The van der Waals surface area contributed by atoms with Crippen LogP contribution in [0.3, 0.4) is 0 Å². The topological polar surface area (TPSA) is 74.8 Å². The highest BCUT2D eigenvalue weighted by Crippen LogP contribution is 2.31. The highest BCUT2D eigenvalue weighted by molar-refractivity contribution is 5.95. The average molecular weight is 570 g/mol. The Morgan fingerprint density at radius 3 is 2.45 bits per heavy atom. The minimum absolute atomic E-state index is 0.0796. The Morgan fingerprint density at radius 2 is 1.71 bits per heavy atom. The van der Waals surface area contributed by atoms with Gasteiger partial charge in [-0.1, -0.05) is 54.6 Å². The molecular weight excluding hydrogens is 546 g/mol. The van der Waals surface area contributed by atoms with Gasteiger partial charge in [-0.2, -0.15) is 5.26 Å². The molecule has 42 heavy (non-hydrogen) atoms. The van der Waals surface area contributed by atoms with E-state index in [1.165, 1.54) is 35.5 Å². The van der Waals surface area contributed by atoms with Crippen molar-refractivity contribution in [3.8, 4) is 17.2 Å². The van der Waals surface area contributed by atoms with Gasteiger partial charge in [-0.05, 0) is 47.0 Å². The molecule has 0 spiro atoms. The lowest BCUT2D eigenvalue weighted by Crippen LogP contribution is -2.32. The third kappa shape index (κ3) is 6.36. The fourth-order valence-corrected chi connectivity index (χ4v) is 4.59. The molecule has 0 fully saturated rings. The van der Waals surface area contributed by atoms with Crippen molar-refractivity contribution in [2.45, 2.75) is 26.1 Å². The second-order valence-electron chi connectivity index (χ2n) is 9.55. The molecule has 0 N–H and O–H groups in total.